The predicted molar refractivity (Wildman–Crippen MR) is 158 cm³/mol. The molecular formula is C30H49N7O2. The normalized spacial score (nSPS) is 13.6. The summed E-state index contributed by atoms with van der Waals surface area (Å²) >= 11 is 0. The third kappa shape index (κ3) is 11.1. The van der Waals surface area contributed by atoms with Gasteiger partial charge in [-0.05, 0) is 63.0 Å². The summed E-state index contributed by atoms with van der Waals surface area (Å²) in [5, 5.41) is 0. The number of hydrogen-bond donors (Lipinski definition) is 1. The van der Waals surface area contributed by atoms with E-state index < -0.39 is 0 Å². The van der Waals surface area contributed by atoms with Gasteiger partial charge in [-0.2, -0.15) is 0 Å². The fourth-order valence-corrected chi connectivity index (χ4v) is 5.08. The molecule has 9 nitrogen and oxygen atoms in total. The molecule has 1 aromatic heterocycles. The zero-order valence-corrected chi connectivity index (χ0v) is 24.6. The summed E-state index contributed by atoms with van der Waals surface area (Å²) in [4.78, 5) is 33.8. The Balaban J connectivity index is 1.56. The first kappa shape index (κ1) is 30.8. The number of aromatic amines is 1. The van der Waals surface area contributed by atoms with Crippen LogP contribution in [-0.2, 0) is 29.2 Å². The van der Waals surface area contributed by atoms with E-state index in [1.54, 1.807) is 6.20 Å². The fourth-order valence-electron chi connectivity index (χ4n) is 5.08. The van der Waals surface area contributed by atoms with Crippen LogP contribution in [0.15, 0.2) is 41.7 Å². The van der Waals surface area contributed by atoms with Gasteiger partial charge >= 0.3 is 5.97 Å². The third-order valence-corrected chi connectivity index (χ3v) is 7.16. The van der Waals surface area contributed by atoms with E-state index in [1.165, 1.54) is 31.1 Å². The highest BCUT2D eigenvalue weighted by Gasteiger charge is 2.18. The fraction of sp³-hybridized carbons (Fsp3) is 0.633. The lowest BCUT2D eigenvalue weighted by atomic mass is 10.1. The number of aromatic nitrogens is 2. The molecule has 9 heteroatoms. The van der Waals surface area contributed by atoms with E-state index in [1.807, 2.05) is 6.20 Å². The molecule has 39 heavy (non-hydrogen) atoms. The van der Waals surface area contributed by atoms with Crippen molar-refractivity contribution in [1.29, 1.82) is 0 Å². The van der Waals surface area contributed by atoms with E-state index >= 15 is 0 Å². The molecular weight excluding hydrogens is 490 g/mol. The number of methoxy groups -OCH3 is 1. The number of ether oxygens (including phenoxy) is 1. The van der Waals surface area contributed by atoms with Crippen molar-refractivity contribution in [2.24, 2.45) is 4.99 Å². The Hall–Kier alpha value is -2.75. The average Bonchev–Trinajstić information content (AvgIpc) is 3.59. The highest BCUT2D eigenvalue weighted by molar-refractivity contribution is 5.85. The van der Waals surface area contributed by atoms with Crippen molar-refractivity contribution in [3.8, 4) is 0 Å². The minimum atomic E-state index is -0.182. The summed E-state index contributed by atoms with van der Waals surface area (Å²) < 4.78 is 4.98. The summed E-state index contributed by atoms with van der Waals surface area (Å²) in [6.45, 7) is 14.1. The van der Waals surface area contributed by atoms with Crippen molar-refractivity contribution in [3.63, 3.8) is 0 Å². The standard InChI is InChI=1S/C30H49N7O2/c1-5-16-35(17-6-2)18-7-8-19-36(25-30(38)39-4)21-26-9-11-27(12-10-26)22-37(23-28-31-13-14-32-28)24-29-33-15-20-34(29)3/h9-14H,5-8,15-25H2,1-4H3,(H,31,32). The van der Waals surface area contributed by atoms with Crippen LogP contribution in [0.3, 0.4) is 0 Å². The van der Waals surface area contributed by atoms with Gasteiger partial charge in [-0.3, -0.25) is 19.6 Å². The van der Waals surface area contributed by atoms with Gasteiger partial charge in [0.15, 0.2) is 0 Å². The average molecular weight is 540 g/mol. The maximum atomic E-state index is 12.1. The molecule has 216 valence electrons. The van der Waals surface area contributed by atoms with Gasteiger partial charge in [0, 0.05) is 39.1 Å². The highest BCUT2D eigenvalue weighted by Crippen LogP contribution is 2.14. The second-order valence-electron chi connectivity index (χ2n) is 10.6. The van der Waals surface area contributed by atoms with Crippen molar-refractivity contribution in [3.05, 3.63) is 53.6 Å². The summed E-state index contributed by atoms with van der Waals surface area (Å²) in [7, 11) is 3.57. The second kappa shape index (κ2) is 17.0. The Labute approximate surface area is 235 Å². The van der Waals surface area contributed by atoms with Gasteiger partial charge < -0.3 is 19.5 Å². The number of nitrogens with one attached hydrogen (secondary N) is 1. The Kier molecular flexibility index (Phi) is 13.5. The van der Waals surface area contributed by atoms with Crippen LogP contribution in [0.1, 0.15) is 56.5 Å². The maximum absolute atomic E-state index is 12.1. The zero-order chi connectivity index (χ0) is 27.9. The molecule has 0 radical (unpaired) electrons. The predicted octanol–water partition coefficient (Wildman–Crippen LogP) is 3.63. The van der Waals surface area contributed by atoms with E-state index in [4.69, 9.17) is 4.74 Å². The number of H-pyrrole nitrogens is 1. The molecule has 0 unspecified atom stereocenters. The molecule has 0 saturated carbocycles. The molecule has 0 aliphatic carbocycles. The summed E-state index contributed by atoms with van der Waals surface area (Å²) in [6, 6.07) is 8.78. The van der Waals surface area contributed by atoms with Gasteiger partial charge in [-0.1, -0.05) is 38.1 Å². The molecule has 3 rings (SSSR count). The van der Waals surface area contributed by atoms with Gasteiger partial charge in [0.1, 0.15) is 11.7 Å². The van der Waals surface area contributed by atoms with E-state index in [2.05, 4.69) is 79.7 Å². The number of nitrogens with zero attached hydrogens (tertiary/aromatic N) is 6. The number of aliphatic imine (C=N–C) groups is 1. The minimum Gasteiger partial charge on any atom is -0.468 e. The molecule has 0 spiro atoms. The van der Waals surface area contributed by atoms with Gasteiger partial charge in [0.05, 0.1) is 33.3 Å². The van der Waals surface area contributed by atoms with E-state index in [9.17, 15) is 4.79 Å². The van der Waals surface area contributed by atoms with Crippen molar-refractivity contribution in [1.82, 2.24) is 29.6 Å². The molecule has 0 bridgehead atoms. The first-order valence-corrected chi connectivity index (χ1v) is 14.5. The lowest BCUT2D eigenvalue weighted by Gasteiger charge is -2.25. The zero-order valence-electron chi connectivity index (χ0n) is 24.6. The number of hydrogen-bond acceptors (Lipinski definition) is 8. The van der Waals surface area contributed by atoms with Gasteiger partial charge in [0.25, 0.3) is 0 Å². The number of likely N-dealkylation sites (N-methyl/N-ethyl adjacent to an activating group) is 1. The number of unbranched alkanes of at least 4 members (excludes halogenated alkanes) is 1. The number of rotatable bonds is 19. The number of benzene rings is 1. The quantitative estimate of drug-likeness (QED) is 0.216. The molecule has 0 amide bonds. The van der Waals surface area contributed by atoms with Crippen LogP contribution in [0.4, 0.5) is 0 Å². The number of carbonyl (C=O) groups is 1. The number of amidine groups is 1. The molecule has 2 aromatic rings. The lowest BCUT2D eigenvalue weighted by molar-refractivity contribution is -0.142. The van der Waals surface area contributed by atoms with Crippen LogP contribution in [0.2, 0.25) is 0 Å². The van der Waals surface area contributed by atoms with E-state index in [0.717, 1.165) is 89.9 Å². The smallest absolute Gasteiger partial charge is 0.319 e. The summed E-state index contributed by atoms with van der Waals surface area (Å²) in [6.07, 6.45) is 8.26. The van der Waals surface area contributed by atoms with Crippen LogP contribution >= 0.6 is 0 Å². The van der Waals surface area contributed by atoms with Crippen LogP contribution < -0.4 is 0 Å². The Morgan fingerprint density at radius 2 is 1.56 bits per heavy atom. The molecule has 0 saturated heterocycles. The van der Waals surface area contributed by atoms with Gasteiger partial charge in [0.2, 0.25) is 0 Å². The highest BCUT2D eigenvalue weighted by atomic mass is 16.5. The van der Waals surface area contributed by atoms with Crippen LogP contribution in [0, 0.1) is 0 Å². The second-order valence-corrected chi connectivity index (χ2v) is 10.6. The van der Waals surface area contributed by atoms with Crippen LogP contribution in [0.25, 0.3) is 0 Å². The van der Waals surface area contributed by atoms with E-state index in [-0.39, 0.29) is 5.97 Å². The van der Waals surface area contributed by atoms with Crippen LogP contribution in [-0.4, -0.2) is 108 Å². The van der Waals surface area contributed by atoms with E-state index in [0.29, 0.717) is 6.54 Å². The molecule has 1 N–H and O–H groups in total. The SMILES string of the molecule is CCCN(CCC)CCCCN(CC(=O)OC)Cc1ccc(CN(CC2=NCCN2C)Cc2ncc[nH]2)cc1. The largest absolute Gasteiger partial charge is 0.468 e. The number of esters is 1. The van der Waals surface area contributed by atoms with Crippen molar-refractivity contribution in [2.45, 2.75) is 59.2 Å². The minimum absolute atomic E-state index is 0.182. The Bertz CT molecular complexity index is 972. The molecule has 2 heterocycles. The number of carbonyl (C=O) groups excluding carboxylic acids is 1. The molecule has 1 aliphatic rings. The Morgan fingerprint density at radius 3 is 2.10 bits per heavy atom. The van der Waals surface area contributed by atoms with Crippen molar-refractivity contribution in [2.75, 3.05) is 66.5 Å². The topological polar surface area (TPSA) is 80.3 Å². The molecule has 1 aliphatic heterocycles. The number of imidazole rings is 1. The third-order valence-electron chi connectivity index (χ3n) is 7.16. The van der Waals surface area contributed by atoms with Crippen molar-refractivity contribution < 1.29 is 9.53 Å². The summed E-state index contributed by atoms with van der Waals surface area (Å²) in [5.74, 6) is 1.90. The Morgan fingerprint density at radius 1 is 0.923 bits per heavy atom. The first-order chi connectivity index (χ1) is 19.0. The molecule has 0 fully saturated rings. The first-order valence-electron chi connectivity index (χ1n) is 14.5. The van der Waals surface area contributed by atoms with Gasteiger partial charge in [-0.25, -0.2) is 4.98 Å². The molecule has 0 atom stereocenters. The van der Waals surface area contributed by atoms with Crippen LogP contribution in [0.5, 0.6) is 0 Å². The van der Waals surface area contributed by atoms with Gasteiger partial charge in [-0.15, -0.1) is 0 Å². The summed E-state index contributed by atoms with van der Waals surface area (Å²) in [5.41, 5.74) is 2.46. The molecule has 1 aromatic carbocycles. The van der Waals surface area contributed by atoms with Crippen molar-refractivity contribution >= 4 is 11.8 Å². The maximum Gasteiger partial charge on any atom is 0.319 e. The lowest BCUT2D eigenvalue weighted by Crippen LogP contribution is -2.36. The monoisotopic (exact) mass is 539 g/mol.